The molecular weight excluding hydrogens is 216 g/mol. The number of rotatable bonds is 1. The zero-order chi connectivity index (χ0) is 10.3. The smallest absolute Gasteiger partial charge is 0.343 e. The summed E-state index contributed by atoms with van der Waals surface area (Å²) in [5.74, 6) is 0. The van der Waals surface area contributed by atoms with Crippen LogP contribution >= 0.6 is 0 Å². The van der Waals surface area contributed by atoms with E-state index in [2.05, 4.69) is 32.8 Å². The molecule has 1 rings (SSSR count). The van der Waals surface area contributed by atoms with Crippen LogP contribution in [-0.4, -0.2) is 25.7 Å². The van der Waals surface area contributed by atoms with Crippen LogP contribution in [-0.2, 0) is 12.3 Å². The Bertz CT molecular complexity index is 211. The van der Waals surface area contributed by atoms with Crippen molar-refractivity contribution in [2.45, 2.75) is 32.7 Å². The van der Waals surface area contributed by atoms with E-state index in [0.29, 0.717) is 0 Å². The van der Waals surface area contributed by atoms with E-state index in [0.717, 1.165) is 0 Å². The summed E-state index contributed by atoms with van der Waals surface area (Å²) in [6, 6.07) is 0. The third kappa shape index (κ3) is 2.86. The van der Waals surface area contributed by atoms with Crippen LogP contribution in [0.1, 0.15) is 0 Å². The molecule has 0 aliphatic carbocycles. The van der Waals surface area contributed by atoms with Gasteiger partial charge in [-0.3, -0.25) is 0 Å². The van der Waals surface area contributed by atoms with Crippen molar-refractivity contribution in [2.75, 3.05) is 0 Å². The van der Waals surface area contributed by atoms with Crippen molar-refractivity contribution in [3.05, 3.63) is 12.3 Å². The largest absolute Gasteiger partial charge is 0.416 e. The van der Waals surface area contributed by atoms with Gasteiger partial charge < -0.3 is 12.3 Å². The molecule has 0 aromatic heterocycles. The van der Waals surface area contributed by atoms with Crippen molar-refractivity contribution in [1.82, 2.24) is 0 Å². The van der Waals surface area contributed by atoms with Crippen LogP contribution in [0, 0.1) is 0 Å². The summed E-state index contributed by atoms with van der Waals surface area (Å²) in [6.07, 6.45) is 0. The zero-order valence-electron chi connectivity index (χ0n) is 9.01. The summed E-state index contributed by atoms with van der Waals surface area (Å²) in [4.78, 5) is 0. The maximum absolute atomic E-state index is 5.90. The molecular formula is C7H18O3Si3. The SMILES string of the molecule is C=C[Si]1(C)O[Si](C)(C)O[Si](C)(C)O1. The van der Waals surface area contributed by atoms with Crippen molar-refractivity contribution in [2.24, 2.45) is 0 Å². The van der Waals surface area contributed by atoms with E-state index in [1.54, 1.807) is 0 Å². The first kappa shape index (κ1) is 11.3. The molecule has 0 aromatic carbocycles. The van der Waals surface area contributed by atoms with Gasteiger partial charge in [0, 0.05) is 0 Å². The Morgan fingerprint density at radius 2 is 1.23 bits per heavy atom. The standard InChI is InChI=1S/C7H18O3Si3/c1-7-13(6)9-11(2,3)8-12(4,5)10-13/h7H,1H2,2-6H3. The molecule has 6 heteroatoms. The zero-order valence-corrected chi connectivity index (χ0v) is 12.0. The van der Waals surface area contributed by atoms with Crippen LogP contribution in [0.25, 0.3) is 0 Å². The summed E-state index contributed by atoms with van der Waals surface area (Å²) in [6.45, 7) is 14.1. The van der Waals surface area contributed by atoms with Gasteiger partial charge in [-0.15, -0.1) is 6.58 Å². The fraction of sp³-hybridized carbons (Fsp3) is 0.714. The molecule has 0 saturated carbocycles. The minimum absolute atomic E-state index is 1.85. The summed E-state index contributed by atoms with van der Waals surface area (Å²) >= 11 is 0. The summed E-state index contributed by atoms with van der Waals surface area (Å²) < 4.78 is 17.7. The van der Waals surface area contributed by atoms with Gasteiger partial charge in [0.15, 0.2) is 0 Å². The molecule has 0 amide bonds. The highest BCUT2D eigenvalue weighted by Gasteiger charge is 2.51. The van der Waals surface area contributed by atoms with Gasteiger partial charge in [0.25, 0.3) is 0 Å². The first-order valence-electron chi connectivity index (χ1n) is 4.42. The molecule has 0 aromatic rings. The molecule has 0 atom stereocenters. The van der Waals surface area contributed by atoms with Crippen LogP contribution in [0.15, 0.2) is 12.3 Å². The van der Waals surface area contributed by atoms with Gasteiger partial charge in [-0.05, 0) is 32.7 Å². The van der Waals surface area contributed by atoms with Gasteiger partial charge in [-0.25, -0.2) is 0 Å². The first-order chi connectivity index (χ1) is 5.68. The highest BCUT2D eigenvalue weighted by molar-refractivity contribution is 6.94. The van der Waals surface area contributed by atoms with Crippen LogP contribution in [0.3, 0.4) is 0 Å². The molecule has 1 saturated heterocycles. The van der Waals surface area contributed by atoms with Gasteiger partial charge in [0.1, 0.15) is 0 Å². The predicted octanol–water partition coefficient (Wildman–Crippen LogP) is 2.25. The lowest BCUT2D eigenvalue weighted by Gasteiger charge is -2.46. The quantitative estimate of drug-likeness (QED) is 0.651. The lowest BCUT2D eigenvalue weighted by atomic mass is 11.3. The Hall–Kier alpha value is 0.271. The first-order valence-corrected chi connectivity index (χ1v) is 12.4. The minimum atomic E-state index is -2.12. The topological polar surface area (TPSA) is 27.7 Å². The third-order valence-electron chi connectivity index (χ3n) is 1.76. The van der Waals surface area contributed by atoms with Crippen molar-refractivity contribution < 1.29 is 12.3 Å². The Balaban J connectivity index is 2.90. The van der Waals surface area contributed by atoms with E-state index < -0.39 is 25.7 Å². The highest BCUT2D eigenvalue weighted by atomic mass is 28.5. The fourth-order valence-electron chi connectivity index (χ4n) is 1.71. The van der Waals surface area contributed by atoms with Crippen LogP contribution in [0.5, 0.6) is 0 Å². The molecule has 1 heterocycles. The Morgan fingerprint density at radius 1 is 0.846 bits per heavy atom. The predicted molar refractivity (Wildman–Crippen MR) is 60.0 cm³/mol. The van der Waals surface area contributed by atoms with Gasteiger partial charge in [-0.1, -0.05) is 5.70 Å². The lowest BCUT2D eigenvalue weighted by molar-refractivity contribution is 0.242. The number of hydrogen-bond donors (Lipinski definition) is 0. The molecule has 1 aliphatic rings. The molecule has 1 aliphatic heterocycles. The minimum Gasteiger partial charge on any atom is -0.416 e. The highest BCUT2D eigenvalue weighted by Crippen LogP contribution is 2.30. The van der Waals surface area contributed by atoms with Gasteiger partial charge in [0.05, 0.1) is 0 Å². The van der Waals surface area contributed by atoms with Crippen LogP contribution in [0.4, 0.5) is 0 Å². The summed E-state index contributed by atoms with van der Waals surface area (Å²) in [7, 11) is -6.03. The molecule has 76 valence electrons. The second-order valence-electron chi connectivity index (χ2n) is 4.33. The second kappa shape index (κ2) is 3.14. The Labute approximate surface area is 83.5 Å². The Morgan fingerprint density at radius 3 is 1.54 bits per heavy atom. The molecule has 0 unspecified atom stereocenters. The van der Waals surface area contributed by atoms with Crippen molar-refractivity contribution in [1.29, 1.82) is 0 Å². The van der Waals surface area contributed by atoms with Gasteiger partial charge in [0.2, 0.25) is 0 Å². The molecule has 0 N–H and O–H groups in total. The van der Waals surface area contributed by atoms with Crippen molar-refractivity contribution in [3.8, 4) is 0 Å². The Kier molecular flexibility index (Phi) is 2.74. The molecule has 0 spiro atoms. The molecule has 1 fully saturated rings. The third-order valence-corrected chi connectivity index (χ3v) is 13.6. The lowest BCUT2D eigenvalue weighted by Crippen LogP contribution is -2.64. The maximum Gasteiger partial charge on any atom is 0.343 e. The fourth-order valence-corrected chi connectivity index (χ4v) is 16.5. The summed E-state index contributed by atoms with van der Waals surface area (Å²) in [5, 5.41) is 0. The summed E-state index contributed by atoms with van der Waals surface area (Å²) in [5.41, 5.74) is 1.85. The van der Waals surface area contributed by atoms with E-state index in [-0.39, 0.29) is 0 Å². The normalized spacial score (nSPS) is 29.6. The molecule has 13 heavy (non-hydrogen) atoms. The van der Waals surface area contributed by atoms with E-state index in [9.17, 15) is 0 Å². The second-order valence-corrected chi connectivity index (χ2v) is 14.8. The van der Waals surface area contributed by atoms with E-state index in [4.69, 9.17) is 12.3 Å². The van der Waals surface area contributed by atoms with Gasteiger partial charge >= 0.3 is 25.7 Å². The molecule has 0 bridgehead atoms. The van der Waals surface area contributed by atoms with Crippen molar-refractivity contribution in [3.63, 3.8) is 0 Å². The monoisotopic (exact) mass is 234 g/mol. The average molecular weight is 234 g/mol. The molecule has 3 nitrogen and oxygen atoms in total. The maximum atomic E-state index is 5.90. The average Bonchev–Trinajstić information content (AvgIpc) is 1.79. The van der Waals surface area contributed by atoms with Gasteiger partial charge in [-0.2, -0.15) is 0 Å². The number of hydrogen-bond acceptors (Lipinski definition) is 3. The van der Waals surface area contributed by atoms with Crippen molar-refractivity contribution >= 4 is 25.7 Å². The van der Waals surface area contributed by atoms with Crippen LogP contribution in [0.2, 0.25) is 32.7 Å². The van der Waals surface area contributed by atoms with E-state index >= 15 is 0 Å². The van der Waals surface area contributed by atoms with E-state index in [1.165, 1.54) is 0 Å². The van der Waals surface area contributed by atoms with Crippen LogP contribution < -0.4 is 0 Å². The van der Waals surface area contributed by atoms with E-state index in [1.807, 2.05) is 12.2 Å². The molecule has 0 radical (unpaired) electrons.